The van der Waals surface area contributed by atoms with Crippen LogP contribution in [0.4, 0.5) is 4.79 Å². The Labute approximate surface area is 150 Å². The number of ether oxygens (including phenoxy) is 1. The summed E-state index contributed by atoms with van der Waals surface area (Å²) in [7, 11) is 0. The Morgan fingerprint density at radius 2 is 1.92 bits per heavy atom. The van der Waals surface area contributed by atoms with Crippen LogP contribution in [0, 0.1) is 6.92 Å². The number of pyridine rings is 1. The largest absolute Gasteiger partial charge is 0.506 e. The molecule has 1 aromatic rings. The van der Waals surface area contributed by atoms with E-state index >= 15 is 0 Å². The second-order valence-electron chi connectivity index (χ2n) is 7.80. The fourth-order valence-corrected chi connectivity index (χ4v) is 3.14. The third-order valence-corrected chi connectivity index (χ3v) is 4.34. The van der Waals surface area contributed by atoms with Crippen molar-refractivity contribution in [3.63, 3.8) is 0 Å². The molecule has 2 atom stereocenters. The van der Waals surface area contributed by atoms with E-state index < -0.39 is 5.60 Å². The van der Waals surface area contributed by atoms with Crippen molar-refractivity contribution in [3.05, 3.63) is 23.5 Å². The van der Waals surface area contributed by atoms with Crippen LogP contribution in [-0.2, 0) is 11.3 Å². The van der Waals surface area contributed by atoms with Gasteiger partial charge in [0.25, 0.3) is 0 Å². The molecule has 1 aromatic heterocycles. The molecule has 25 heavy (non-hydrogen) atoms. The minimum atomic E-state index is -0.505. The Bertz CT molecular complexity index is 584. The summed E-state index contributed by atoms with van der Waals surface area (Å²) in [6.07, 6.45) is 4.91. The van der Waals surface area contributed by atoms with Gasteiger partial charge in [0.15, 0.2) is 0 Å². The van der Waals surface area contributed by atoms with Gasteiger partial charge in [0.05, 0.1) is 5.69 Å². The summed E-state index contributed by atoms with van der Waals surface area (Å²) in [5.74, 6) is 0.198. The molecular formula is C19H31N3O3. The molecule has 0 radical (unpaired) electrons. The van der Waals surface area contributed by atoms with Gasteiger partial charge in [-0.25, -0.2) is 4.79 Å². The second-order valence-corrected chi connectivity index (χ2v) is 7.80. The first-order valence-electron chi connectivity index (χ1n) is 9.13. The highest BCUT2D eigenvalue weighted by molar-refractivity contribution is 5.68. The molecule has 1 amide bonds. The Morgan fingerprint density at radius 3 is 2.60 bits per heavy atom. The zero-order valence-electron chi connectivity index (χ0n) is 15.8. The molecule has 1 heterocycles. The van der Waals surface area contributed by atoms with E-state index in [1.54, 1.807) is 12.1 Å². The molecule has 140 valence electrons. The van der Waals surface area contributed by atoms with Gasteiger partial charge in [-0.05, 0) is 52.7 Å². The Hall–Kier alpha value is -1.82. The first-order chi connectivity index (χ1) is 11.7. The third kappa shape index (κ3) is 6.53. The lowest BCUT2D eigenvalue weighted by molar-refractivity contribution is 0.0489. The topological polar surface area (TPSA) is 83.5 Å². The van der Waals surface area contributed by atoms with Crippen LogP contribution in [0.3, 0.4) is 0 Å². The van der Waals surface area contributed by atoms with Gasteiger partial charge in [-0.15, -0.1) is 0 Å². The molecule has 6 heteroatoms. The monoisotopic (exact) mass is 349 g/mol. The molecule has 2 unspecified atom stereocenters. The number of hydrogen-bond donors (Lipinski definition) is 3. The van der Waals surface area contributed by atoms with E-state index in [1.165, 1.54) is 6.42 Å². The SMILES string of the molecule is Cc1ccc(O)c(CNC2CCCCCC2NC(=O)OC(C)(C)C)n1. The van der Waals surface area contributed by atoms with Gasteiger partial charge in [-0.3, -0.25) is 4.98 Å². The van der Waals surface area contributed by atoms with Crippen molar-refractivity contribution in [3.8, 4) is 5.75 Å². The van der Waals surface area contributed by atoms with E-state index in [0.717, 1.165) is 31.4 Å². The highest BCUT2D eigenvalue weighted by atomic mass is 16.6. The lowest BCUT2D eigenvalue weighted by Gasteiger charge is -2.29. The van der Waals surface area contributed by atoms with Crippen LogP contribution in [0.5, 0.6) is 5.75 Å². The number of carbonyl (C=O) groups excluding carboxylic acids is 1. The molecule has 1 saturated carbocycles. The van der Waals surface area contributed by atoms with Crippen molar-refractivity contribution >= 4 is 6.09 Å². The first kappa shape index (κ1) is 19.5. The summed E-state index contributed by atoms with van der Waals surface area (Å²) in [4.78, 5) is 16.5. The number of aromatic nitrogens is 1. The van der Waals surface area contributed by atoms with Crippen molar-refractivity contribution in [2.75, 3.05) is 0 Å². The fourth-order valence-electron chi connectivity index (χ4n) is 3.14. The number of nitrogens with one attached hydrogen (secondary N) is 2. The third-order valence-electron chi connectivity index (χ3n) is 4.34. The van der Waals surface area contributed by atoms with Gasteiger partial charge in [0.2, 0.25) is 0 Å². The molecule has 0 aliphatic heterocycles. The number of hydrogen-bond acceptors (Lipinski definition) is 5. The second kappa shape index (κ2) is 8.52. The number of amides is 1. The molecule has 6 nitrogen and oxygen atoms in total. The summed E-state index contributed by atoms with van der Waals surface area (Å²) < 4.78 is 5.40. The van der Waals surface area contributed by atoms with Crippen molar-refractivity contribution in [2.24, 2.45) is 0 Å². The van der Waals surface area contributed by atoms with E-state index in [-0.39, 0.29) is 23.9 Å². The van der Waals surface area contributed by atoms with Crippen molar-refractivity contribution in [2.45, 2.75) is 84.0 Å². The van der Waals surface area contributed by atoms with Gasteiger partial charge in [-0.1, -0.05) is 19.3 Å². The van der Waals surface area contributed by atoms with Crippen molar-refractivity contribution in [1.82, 2.24) is 15.6 Å². The van der Waals surface area contributed by atoms with Crippen LogP contribution < -0.4 is 10.6 Å². The van der Waals surface area contributed by atoms with E-state index in [9.17, 15) is 9.90 Å². The highest BCUT2D eigenvalue weighted by Crippen LogP contribution is 2.21. The highest BCUT2D eigenvalue weighted by Gasteiger charge is 2.27. The average molecular weight is 349 g/mol. The molecule has 0 saturated heterocycles. The summed E-state index contributed by atoms with van der Waals surface area (Å²) in [5, 5.41) is 16.5. The number of alkyl carbamates (subject to hydrolysis) is 1. The molecule has 1 aliphatic rings. The minimum absolute atomic E-state index is 0.0179. The van der Waals surface area contributed by atoms with Gasteiger partial charge in [0, 0.05) is 24.3 Å². The van der Waals surface area contributed by atoms with Crippen molar-refractivity contribution < 1.29 is 14.6 Å². The van der Waals surface area contributed by atoms with Crippen LogP contribution >= 0.6 is 0 Å². The number of aryl methyl sites for hydroxylation is 1. The van der Waals surface area contributed by atoms with Gasteiger partial charge in [0.1, 0.15) is 11.4 Å². The normalized spacial score (nSPS) is 21.4. The molecule has 3 N–H and O–H groups in total. The standard InChI is InChI=1S/C19H31N3O3/c1-13-10-11-17(23)16(21-13)12-20-14-8-6-5-7-9-15(14)22-18(24)25-19(2,3)4/h10-11,14-15,20,23H,5-9,12H2,1-4H3,(H,22,24). The zero-order chi connectivity index (χ0) is 18.4. The Kier molecular flexibility index (Phi) is 6.64. The fraction of sp³-hybridized carbons (Fsp3) is 0.684. The Balaban J connectivity index is 1.99. The lowest BCUT2D eigenvalue weighted by Crippen LogP contribution is -2.50. The summed E-state index contributed by atoms with van der Waals surface area (Å²) in [5.41, 5.74) is 1.01. The van der Waals surface area contributed by atoms with E-state index in [4.69, 9.17) is 4.74 Å². The summed E-state index contributed by atoms with van der Waals surface area (Å²) >= 11 is 0. The average Bonchev–Trinajstić information content (AvgIpc) is 2.71. The van der Waals surface area contributed by atoms with E-state index in [1.807, 2.05) is 27.7 Å². The van der Waals surface area contributed by atoms with Crippen LogP contribution in [-0.4, -0.2) is 33.9 Å². The van der Waals surface area contributed by atoms with E-state index in [2.05, 4.69) is 15.6 Å². The molecule has 0 aromatic carbocycles. The van der Waals surface area contributed by atoms with Gasteiger partial charge < -0.3 is 20.5 Å². The summed E-state index contributed by atoms with van der Waals surface area (Å²) in [6.45, 7) is 7.97. The zero-order valence-corrected chi connectivity index (χ0v) is 15.8. The molecular weight excluding hydrogens is 318 g/mol. The van der Waals surface area contributed by atoms with Gasteiger partial charge >= 0.3 is 6.09 Å². The minimum Gasteiger partial charge on any atom is -0.506 e. The predicted molar refractivity (Wildman–Crippen MR) is 97.5 cm³/mol. The quantitative estimate of drug-likeness (QED) is 0.726. The maximum Gasteiger partial charge on any atom is 0.407 e. The maximum atomic E-state index is 12.1. The van der Waals surface area contributed by atoms with Crippen LogP contribution in [0.15, 0.2) is 12.1 Å². The van der Waals surface area contributed by atoms with Crippen LogP contribution in [0.2, 0.25) is 0 Å². The van der Waals surface area contributed by atoms with Crippen LogP contribution in [0.25, 0.3) is 0 Å². The molecule has 0 spiro atoms. The number of aromatic hydroxyl groups is 1. The maximum absolute atomic E-state index is 12.1. The number of nitrogens with zero attached hydrogens (tertiary/aromatic N) is 1. The first-order valence-corrected chi connectivity index (χ1v) is 9.13. The van der Waals surface area contributed by atoms with Gasteiger partial charge in [-0.2, -0.15) is 0 Å². The van der Waals surface area contributed by atoms with E-state index in [0.29, 0.717) is 12.2 Å². The molecule has 0 bridgehead atoms. The Morgan fingerprint density at radius 1 is 1.24 bits per heavy atom. The number of carbonyl (C=O) groups is 1. The lowest BCUT2D eigenvalue weighted by atomic mass is 10.0. The molecule has 1 fully saturated rings. The molecule has 1 aliphatic carbocycles. The smallest absolute Gasteiger partial charge is 0.407 e. The van der Waals surface area contributed by atoms with Crippen LogP contribution in [0.1, 0.15) is 64.3 Å². The summed E-state index contributed by atoms with van der Waals surface area (Å²) in [6, 6.07) is 3.61. The van der Waals surface area contributed by atoms with Crippen molar-refractivity contribution in [1.29, 1.82) is 0 Å². The number of rotatable bonds is 4. The molecule has 2 rings (SSSR count). The predicted octanol–water partition coefficient (Wildman–Crippen LogP) is 3.41.